The zero-order valence-corrected chi connectivity index (χ0v) is 39.3. The number of aromatic carboxylic acids is 1. The molecular formula is C47H53FN9O8S2+. The molecule has 0 saturated heterocycles. The Morgan fingerprint density at radius 1 is 1.01 bits per heavy atom. The second-order valence-electron chi connectivity index (χ2n) is 16.3. The molecule has 3 aromatic carbocycles. The van der Waals surface area contributed by atoms with Crippen LogP contribution in [0.3, 0.4) is 0 Å². The van der Waals surface area contributed by atoms with Crippen molar-refractivity contribution in [3.8, 4) is 17.6 Å². The van der Waals surface area contributed by atoms with E-state index in [1.165, 1.54) is 41.9 Å². The molecule has 0 aliphatic heterocycles. The van der Waals surface area contributed by atoms with Crippen LogP contribution in [0.5, 0.6) is 5.75 Å². The number of hydrogen-bond donors (Lipinski definition) is 6. The molecule has 3 aromatic heterocycles. The summed E-state index contributed by atoms with van der Waals surface area (Å²) in [7, 11) is 6.94. The Morgan fingerprint density at radius 2 is 1.81 bits per heavy atom. The van der Waals surface area contributed by atoms with Crippen LogP contribution in [0, 0.1) is 24.6 Å². The number of benzene rings is 3. The summed E-state index contributed by atoms with van der Waals surface area (Å²) in [6, 6.07) is 19.8. The van der Waals surface area contributed by atoms with Gasteiger partial charge in [-0.2, -0.15) is 0 Å². The first-order chi connectivity index (χ1) is 32.0. The minimum Gasteiger partial charge on any atom is -0.491 e. The molecular weight excluding hydrogens is 902 g/mol. The van der Waals surface area contributed by atoms with Gasteiger partial charge in [0.25, 0.3) is 0 Å². The Morgan fingerprint density at radius 3 is 2.51 bits per heavy atom. The molecule has 0 radical (unpaired) electrons. The normalized spacial score (nSPS) is 12.2. The molecule has 67 heavy (non-hydrogen) atoms. The van der Waals surface area contributed by atoms with Crippen molar-refractivity contribution in [2.75, 3.05) is 63.5 Å². The second-order valence-corrected chi connectivity index (χ2v) is 18.4. The van der Waals surface area contributed by atoms with E-state index in [1.54, 1.807) is 18.0 Å². The van der Waals surface area contributed by atoms with Crippen LogP contribution in [0.15, 0.2) is 66.7 Å². The van der Waals surface area contributed by atoms with Crippen LogP contribution in [0.2, 0.25) is 0 Å². The lowest BCUT2D eigenvalue weighted by molar-refractivity contribution is -0.896. The molecule has 0 aliphatic rings. The van der Waals surface area contributed by atoms with Gasteiger partial charge in [0.15, 0.2) is 45.3 Å². The number of carboxylic acids is 2. The third kappa shape index (κ3) is 13.5. The van der Waals surface area contributed by atoms with Crippen molar-refractivity contribution in [1.82, 2.24) is 20.2 Å². The first kappa shape index (κ1) is 49.8. The number of ether oxygens (including phenoxy) is 2. The number of carbonyl (C=O) groups excluding carboxylic acids is 1. The van der Waals surface area contributed by atoms with Gasteiger partial charge in [-0.15, -0.1) is 21.5 Å². The van der Waals surface area contributed by atoms with Crippen molar-refractivity contribution >= 4 is 78.3 Å². The number of hydrogen-bond acceptors (Lipinski definition) is 15. The molecule has 0 saturated carbocycles. The number of nitrogens with two attached hydrogens (primary N) is 1. The summed E-state index contributed by atoms with van der Waals surface area (Å²) in [4.78, 5) is 47.3. The number of para-hydroxylation sites is 1. The standard InChI is InChI=1S/C47H52FN9O8S2/c1-28-24-39(54-55-43(28)53-46-51-33-11-6-7-12-37(33)66-46)56(2)47-52-41(44(60)61)38(67-47)13-9-23-65-36-19-15-29(25-32(36)48)10-8-22-57(3,4)27-30-14-16-31(34(26-30)50-40(59)20-21-49)17-18-35(58)42(64-5)45(62)63/h6-7,11-12,14-16,19,24-26,35,42,58H,9,13,17-18,20-23,27,49H2,1-5H3,(H3-,50,51,53,55,59,60,61,62,63)/p+1/t35?,42-/m0/s1. The fourth-order valence-corrected chi connectivity index (χ4v) is 8.93. The molecule has 6 rings (SSSR count). The van der Waals surface area contributed by atoms with E-state index in [9.17, 15) is 29.7 Å². The number of fused-ring (bicyclic) bond motifs is 1. The number of aliphatic hydroxyl groups excluding tert-OH is 1. The number of nitrogens with zero attached hydrogens (tertiary/aromatic N) is 6. The highest BCUT2D eigenvalue weighted by molar-refractivity contribution is 7.22. The molecule has 352 valence electrons. The van der Waals surface area contributed by atoms with Gasteiger partial charge in [0, 0.05) is 48.8 Å². The summed E-state index contributed by atoms with van der Waals surface area (Å²) in [6.45, 7) is 3.13. The highest BCUT2D eigenvalue weighted by Crippen LogP contribution is 2.33. The van der Waals surface area contributed by atoms with Gasteiger partial charge >= 0.3 is 11.9 Å². The molecule has 7 N–H and O–H groups in total. The molecule has 0 spiro atoms. The first-order valence-electron chi connectivity index (χ1n) is 21.3. The molecule has 2 atom stereocenters. The van der Waals surface area contributed by atoms with Crippen molar-refractivity contribution < 1.29 is 48.1 Å². The summed E-state index contributed by atoms with van der Waals surface area (Å²) in [5, 5.41) is 45.7. The number of aliphatic carboxylic acids is 1. The molecule has 0 fully saturated rings. The first-order valence-corrected chi connectivity index (χ1v) is 22.9. The molecule has 0 bridgehead atoms. The highest BCUT2D eigenvalue weighted by Gasteiger charge is 2.27. The van der Waals surface area contributed by atoms with Crippen LogP contribution in [0.4, 0.5) is 32.0 Å². The average molecular weight is 955 g/mol. The van der Waals surface area contributed by atoms with Gasteiger partial charge in [-0.1, -0.05) is 41.5 Å². The maximum Gasteiger partial charge on any atom is 0.355 e. The lowest BCUT2D eigenvalue weighted by Gasteiger charge is -2.28. The summed E-state index contributed by atoms with van der Waals surface area (Å²) in [5.74, 6) is 3.98. The Bertz CT molecular complexity index is 2760. The SMILES string of the molecule is CO[C@H](C(=O)O)C(O)CCc1ccc(C[N+](C)(C)CC#Cc2ccc(OCCCc3sc(N(C)c4cc(C)c(Nc5nc6ccccc6s5)nn4)nc3C(=O)O)c(F)c2)cc1NC(=O)CCN. The zero-order chi connectivity index (χ0) is 48.3. The maximum atomic E-state index is 15.2. The van der Waals surface area contributed by atoms with Crippen LogP contribution >= 0.6 is 22.7 Å². The number of anilines is 5. The quantitative estimate of drug-likeness (QED) is 0.0242. The molecule has 0 aliphatic carbocycles. The van der Waals surface area contributed by atoms with Gasteiger partial charge in [-0.25, -0.2) is 23.9 Å². The number of halogens is 1. The largest absolute Gasteiger partial charge is 0.491 e. The zero-order valence-electron chi connectivity index (χ0n) is 37.7. The van der Waals surface area contributed by atoms with E-state index < -0.39 is 30.0 Å². The van der Waals surface area contributed by atoms with Crippen molar-refractivity contribution in [3.05, 3.63) is 105 Å². The number of methoxy groups -OCH3 is 1. The minimum atomic E-state index is -1.37. The predicted octanol–water partition coefficient (Wildman–Crippen LogP) is 6.52. The number of carbonyl (C=O) groups is 3. The number of nitrogens with one attached hydrogen (secondary N) is 2. The topological polar surface area (TPSA) is 235 Å². The van der Waals surface area contributed by atoms with Crippen LogP contribution in [0.1, 0.15) is 56.9 Å². The van der Waals surface area contributed by atoms with Crippen LogP contribution in [0.25, 0.3) is 10.2 Å². The molecule has 3 heterocycles. The summed E-state index contributed by atoms with van der Waals surface area (Å²) >= 11 is 2.74. The number of thiazole rings is 2. The predicted molar refractivity (Wildman–Crippen MR) is 256 cm³/mol. The fourth-order valence-electron chi connectivity index (χ4n) is 7.00. The number of quaternary nitrogens is 1. The smallest absolute Gasteiger partial charge is 0.355 e. The molecule has 20 heteroatoms. The molecule has 6 aromatic rings. The Kier molecular flexibility index (Phi) is 16.9. The minimum absolute atomic E-state index is 0.0487. The van der Waals surface area contributed by atoms with Crippen molar-refractivity contribution in [1.29, 1.82) is 0 Å². The van der Waals surface area contributed by atoms with Crippen molar-refractivity contribution in [2.45, 2.75) is 57.8 Å². The highest BCUT2D eigenvalue weighted by atomic mass is 32.1. The number of aliphatic hydroxyl groups is 1. The van der Waals surface area contributed by atoms with Gasteiger partial charge in [0.2, 0.25) is 5.91 Å². The Balaban J connectivity index is 1.01. The van der Waals surface area contributed by atoms with Gasteiger partial charge in [0.05, 0.1) is 37.0 Å². The van der Waals surface area contributed by atoms with Crippen molar-refractivity contribution in [3.63, 3.8) is 0 Å². The van der Waals surface area contributed by atoms with E-state index in [4.69, 9.17) is 15.2 Å². The van der Waals surface area contributed by atoms with Crippen LogP contribution in [-0.2, 0) is 33.7 Å². The number of aryl methyl sites for hydroxylation is 3. The van der Waals surface area contributed by atoms with E-state index in [2.05, 4.69) is 42.6 Å². The lowest BCUT2D eigenvalue weighted by atomic mass is 10.00. The lowest BCUT2D eigenvalue weighted by Crippen LogP contribution is -2.39. The van der Waals surface area contributed by atoms with Gasteiger partial charge in [-0.05, 0) is 92.1 Å². The summed E-state index contributed by atoms with van der Waals surface area (Å²) < 4.78 is 27.3. The molecule has 1 amide bonds. The van der Waals surface area contributed by atoms with Gasteiger partial charge in [-0.3, -0.25) is 4.79 Å². The Hall–Kier alpha value is -6.60. The van der Waals surface area contributed by atoms with E-state index >= 15 is 4.39 Å². The number of carboxylic acid groups (broad SMARTS) is 2. The monoisotopic (exact) mass is 954 g/mol. The van der Waals surface area contributed by atoms with Gasteiger partial charge in [0.1, 0.15) is 13.1 Å². The third-order valence-corrected chi connectivity index (χ3v) is 12.6. The number of aromatic nitrogens is 4. The molecule has 1 unspecified atom stereocenters. The second kappa shape index (κ2) is 22.7. The van der Waals surface area contributed by atoms with E-state index in [-0.39, 0.29) is 49.8 Å². The van der Waals surface area contributed by atoms with Crippen LogP contribution < -0.4 is 26.0 Å². The van der Waals surface area contributed by atoms with E-state index in [0.29, 0.717) is 68.4 Å². The number of rotatable bonds is 22. The third-order valence-electron chi connectivity index (χ3n) is 10.5. The fraction of sp³-hybridized carbons (Fsp3) is 0.340. The summed E-state index contributed by atoms with van der Waals surface area (Å²) in [6.07, 6.45) is -1.39. The maximum absolute atomic E-state index is 15.2. The average Bonchev–Trinajstić information content (AvgIpc) is 3.90. The Labute approximate surface area is 395 Å². The van der Waals surface area contributed by atoms with E-state index in [0.717, 1.165) is 26.9 Å². The summed E-state index contributed by atoms with van der Waals surface area (Å²) in [5.41, 5.74) is 9.84. The van der Waals surface area contributed by atoms with Crippen LogP contribution in [-0.4, -0.2) is 118 Å². The molecule has 17 nitrogen and oxygen atoms in total. The van der Waals surface area contributed by atoms with Crippen molar-refractivity contribution in [2.24, 2.45) is 5.73 Å². The number of amides is 1. The van der Waals surface area contributed by atoms with E-state index in [1.807, 2.05) is 69.6 Å². The van der Waals surface area contributed by atoms with Gasteiger partial charge < -0.3 is 50.5 Å².